The van der Waals surface area contributed by atoms with E-state index in [2.05, 4.69) is 4.74 Å². The van der Waals surface area contributed by atoms with Crippen molar-refractivity contribution in [2.24, 2.45) is 5.92 Å². The Balaban J connectivity index is 2.88. The van der Waals surface area contributed by atoms with E-state index in [-0.39, 0.29) is 19.3 Å². The molecular weight excluding hydrogens is 316 g/mol. The molecule has 1 rings (SSSR count). The van der Waals surface area contributed by atoms with Crippen molar-refractivity contribution in [3.63, 3.8) is 0 Å². The van der Waals surface area contributed by atoms with Crippen molar-refractivity contribution < 1.29 is 44.7 Å². The molecule has 124 valence electrons. The summed E-state index contributed by atoms with van der Waals surface area (Å²) in [6.45, 7) is 0.0582. The molecule has 0 aliphatic heterocycles. The number of ether oxygens (including phenoxy) is 1. The van der Waals surface area contributed by atoms with Gasteiger partial charge in [-0.15, -0.1) is 0 Å². The molecule has 0 atom stereocenters. The first-order chi connectivity index (χ1) is 9.48. The molecule has 21 heavy (non-hydrogen) atoms. The minimum absolute atomic E-state index is 0.0582. The maximum absolute atomic E-state index is 13.6. The van der Waals surface area contributed by atoms with Crippen LogP contribution in [0.25, 0.3) is 0 Å². The predicted octanol–water partition coefficient (Wildman–Crippen LogP) is 3.89. The van der Waals surface area contributed by atoms with E-state index < -0.39 is 49.1 Å². The summed E-state index contributed by atoms with van der Waals surface area (Å²) in [5, 5.41) is 0. The van der Waals surface area contributed by atoms with E-state index in [1.54, 1.807) is 0 Å². The maximum atomic E-state index is 13.6. The van der Waals surface area contributed by atoms with Gasteiger partial charge in [-0.3, -0.25) is 4.79 Å². The summed E-state index contributed by atoms with van der Waals surface area (Å²) in [7, 11) is 0. The average molecular weight is 328 g/mol. The van der Waals surface area contributed by atoms with Crippen LogP contribution in [0.1, 0.15) is 25.7 Å². The number of carbonyl (C=O) groups is 1. The van der Waals surface area contributed by atoms with Gasteiger partial charge in [-0.05, 0) is 25.7 Å². The molecule has 1 aliphatic rings. The molecule has 0 N–H and O–H groups in total. The fourth-order valence-electron chi connectivity index (χ4n) is 2.26. The Hall–Kier alpha value is -1.09. The van der Waals surface area contributed by atoms with E-state index in [4.69, 9.17) is 0 Å². The molecule has 0 aromatic carbocycles. The first kappa shape index (κ1) is 18.0. The summed E-state index contributed by atoms with van der Waals surface area (Å²) >= 11 is 0. The Morgan fingerprint density at radius 1 is 0.952 bits per heavy atom. The van der Waals surface area contributed by atoms with Crippen LogP contribution in [-0.4, -0.2) is 36.8 Å². The molecule has 0 spiro atoms. The second-order valence-corrected chi connectivity index (χ2v) is 4.83. The highest BCUT2D eigenvalue weighted by atomic mass is 19.4. The zero-order chi connectivity index (χ0) is 16.5. The van der Waals surface area contributed by atoms with E-state index in [0.29, 0.717) is 0 Å². The molecule has 0 amide bonds. The second kappa shape index (κ2) is 5.96. The fraction of sp³-hybridized carbons (Fsp3) is 0.909. The molecule has 2 nitrogen and oxygen atoms in total. The molecular formula is C11H12F8O2. The minimum atomic E-state index is -6.17. The van der Waals surface area contributed by atoms with Gasteiger partial charge in [0.15, 0.2) is 0 Å². The first-order valence-electron chi connectivity index (χ1n) is 5.99. The monoisotopic (exact) mass is 328 g/mol. The lowest BCUT2D eigenvalue weighted by Gasteiger charge is -2.39. The smallest absolute Gasteiger partial charge is 0.378 e. The molecule has 0 heterocycles. The third-order valence-corrected chi connectivity index (χ3v) is 3.55. The maximum Gasteiger partial charge on any atom is 0.378 e. The van der Waals surface area contributed by atoms with Crippen molar-refractivity contribution in [2.45, 2.75) is 56.0 Å². The van der Waals surface area contributed by atoms with Crippen LogP contribution < -0.4 is 0 Å². The zero-order valence-electron chi connectivity index (χ0n) is 10.5. The zero-order valence-corrected chi connectivity index (χ0v) is 10.5. The van der Waals surface area contributed by atoms with Crippen molar-refractivity contribution in [1.82, 2.24) is 0 Å². The minimum Gasteiger partial charge on any atom is -0.465 e. The molecule has 0 unspecified atom stereocenters. The van der Waals surface area contributed by atoms with Crippen LogP contribution >= 0.6 is 0 Å². The predicted molar refractivity (Wildman–Crippen MR) is 53.7 cm³/mol. The molecule has 0 saturated heterocycles. The number of rotatable bonds is 6. The van der Waals surface area contributed by atoms with Gasteiger partial charge >= 0.3 is 24.2 Å². The van der Waals surface area contributed by atoms with E-state index in [0.717, 1.165) is 0 Å². The molecule has 1 fully saturated rings. The highest BCUT2D eigenvalue weighted by Gasteiger charge is 2.76. The van der Waals surface area contributed by atoms with Gasteiger partial charge in [-0.25, -0.2) is 8.78 Å². The van der Waals surface area contributed by atoms with Crippen molar-refractivity contribution >= 4 is 6.47 Å². The summed E-state index contributed by atoms with van der Waals surface area (Å²) in [5.41, 5.74) is 0. The largest absolute Gasteiger partial charge is 0.465 e. The van der Waals surface area contributed by atoms with E-state index in [1.807, 2.05) is 0 Å². The molecule has 0 radical (unpaired) electrons. The normalized spacial score (nSPS) is 25.0. The van der Waals surface area contributed by atoms with E-state index >= 15 is 0 Å². The van der Waals surface area contributed by atoms with Gasteiger partial charge in [0.05, 0.1) is 0 Å². The van der Waals surface area contributed by atoms with Crippen LogP contribution in [0.4, 0.5) is 35.1 Å². The highest BCUT2D eigenvalue weighted by molar-refractivity contribution is 5.37. The number of hydrogen-bond donors (Lipinski definition) is 0. The quantitative estimate of drug-likeness (QED) is 0.546. The third-order valence-electron chi connectivity index (χ3n) is 3.55. The van der Waals surface area contributed by atoms with Crippen molar-refractivity contribution in [1.29, 1.82) is 0 Å². The highest BCUT2D eigenvalue weighted by Crippen LogP contribution is 2.54. The SMILES string of the molecule is O=COC1CCC(C(F)(F)C(F)(F)C(F)(F)C(F)F)CC1. The number of hydrogen-bond acceptors (Lipinski definition) is 2. The van der Waals surface area contributed by atoms with Crippen LogP contribution in [0, 0.1) is 5.92 Å². The first-order valence-corrected chi connectivity index (χ1v) is 5.99. The number of alkyl halides is 8. The third kappa shape index (κ3) is 3.08. The van der Waals surface area contributed by atoms with Gasteiger partial charge in [0.2, 0.25) is 0 Å². The molecule has 0 aromatic rings. The van der Waals surface area contributed by atoms with Crippen molar-refractivity contribution in [3.8, 4) is 0 Å². The van der Waals surface area contributed by atoms with Gasteiger partial charge in [0.25, 0.3) is 6.47 Å². The average Bonchev–Trinajstić information content (AvgIpc) is 2.39. The van der Waals surface area contributed by atoms with Crippen LogP contribution in [0.15, 0.2) is 0 Å². The number of halogens is 8. The topological polar surface area (TPSA) is 26.3 Å². The summed E-state index contributed by atoms with van der Waals surface area (Å²) in [6.07, 6.45) is -7.40. The van der Waals surface area contributed by atoms with Crippen LogP contribution in [-0.2, 0) is 9.53 Å². The summed E-state index contributed by atoms with van der Waals surface area (Å²) in [6, 6.07) is 0. The molecule has 10 heteroatoms. The Labute approximate surface area is 114 Å². The summed E-state index contributed by atoms with van der Waals surface area (Å²) < 4.78 is 107. The van der Waals surface area contributed by atoms with Crippen LogP contribution in [0.5, 0.6) is 0 Å². The Morgan fingerprint density at radius 3 is 1.81 bits per heavy atom. The van der Waals surface area contributed by atoms with E-state index in [9.17, 15) is 39.9 Å². The molecule has 0 bridgehead atoms. The molecule has 1 saturated carbocycles. The molecule has 1 aliphatic carbocycles. The van der Waals surface area contributed by atoms with Gasteiger partial charge in [0, 0.05) is 5.92 Å². The lowest BCUT2D eigenvalue weighted by molar-refractivity contribution is -0.352. The fourth-order valence-corrected chi connectivity index (χ4v) is 2.26. The number of carbonyl (C=O) groups excluding carboxylic acids is 1. The summed E-state index contributed by atoms with van der Waals surface area (Å²) in [5.74, 6) is -19.8. The Kier molecular flexibility index (Phi) is 5.09. The van der Waals surface area contributed by atoms with Crippen molar-refractivity contribution in [3.05, 3.63) is 0 Å². The Bertz CT molecular complexity index is 363. The van der Waals surface area contributed by atoms with Gasteiger partial charge in [0.1, 0.15) is 6.10 Å². The van der Waals surface area contributed by atoms with Crippen LogP contribution in [0.3, 0.4) is 0 Å². The van der Waals surface area contributed by atoms with Gasteiger partial charge in [-0.1, -0.05) is 0 Å². The Morgan fingerprint density at radius 2 is 1.43 bits per heavy atom. The van der Waals surface area contributed by atoms with Crippen molar-refractivity contribution in [2.75, 3.05) is 0 Å². The standard InChI is InChI=1S/C11H12F8O2/c12-8(13)10(16,17)11(18,19)9(14,15)6-1-3-7(4-2-6)21-5-20/h5-8H,1-4H2. The lowest BCUT2D eigenvalue weighted by atomic mass is 9.79. The lowest BCUT2D eigenvalue weighted by Crippen LogP contribution is -2.60. The second-order valence-electron chi connectivity index (χ2n) is 4.83. The van der Waals surface area contributed by atoms with Gasteiger partial charge in [-0.2, -0.15) is 26.3 Å². The van der Waals surface area contributed by atoms with Crippen LogP contribution in [0.2, 0.25) is 0 Å². The molecule has 0 aromatic heterocycles. The van der Waals surface area contributed by atoms with Gasteiger partial charge < -0.3 is 4.74 Å². The van der Waals surface area contributed by atoms with E-state index in [1.165, 1.54) is 0 Å². The summed E-state index contributed by atoms with van der Waals surface area (Å²) in [4.78, 5) is 10.0.